The Kier molecular flexibility index (Phi) is 9.73. The van der Waals surface area contributed by atoms with Crippen LogP contribution in [-0.2, 0) is 30.3 Å². The number of carbonyl (C=O) groups excluding carboxylic acids is 3. The zero-order valence-electron chi connectivity index (χ0n) is 22.0. The van der Waals surface area contributed by atoms with Crippen LogP contribution in [0, 0.1) is 11.3 Å². The Bertz CT molecular complexity index is 1280. The molecule has 0 spiro atoms. The minimum absolute atomic E-state index is 0.253. The van der Waals surface area contributed by atoms with Gasteiger partial charge in [-0.15, -0.1) is 11.8 Å². The number of rotatable bonds is 11. The highest BCUT2D eigenvalue weighted by Crippen LogP contribution is 2.45. The molecule has 1 aliphatic rings. The van der Waals surface area contributed by atoms with Crippen LogP contribution in [0.1, 0.15) is 43.5 Å². The number of allylic oxidation sites excluding steroid dienone is 1. The van der Waals surface area contributed by atoms with E-state index < -0.39 is 17.9 Å². The van der Waals surface area contributed by atoms with Crippen LogP contribution in [0.4, 0.5) is 0 Å². The zero-order chi connectivity index (χ0) is 27.8. The molecule has 0 radical (unpaired) electrons. The molecule has 10 nitrogen and oxygen atoms in total. The third kappa shape index (κ3) is 6.44. The lowest BCUT2D eigenvalue weighted by atomic mass is 9.81. The lowest BCUT2D eigenvalue weighted by Crippen LogP contribution is -2.36. The molecule has 1 aromatic carbocycles. The molecule has 2 aromatic rings. The Morgan fingerprint density at radius 2 is 2.08 bits per heavy atom. The smallest absolute Gasteiger partial charge is 0.337 e. The maximum Gasteiger partial charge on any atom is 0.337 e. The van der Waals surface area contributed by atoms with Crippen molar-refractivity contribution in [2.24, 2.45) is 0 Å². The molecular weight excluding hydrogens is 506 g/mol. The van der Waals surface area contributed by atoms with E-state index in [1.165, 1.54) is 18.9 Å². The van der Waals surface area contributed by atoms with Crippen LogP contribution >= 0.6 is 11.8 Å². The van der Waals surface area contributed by atoms with Crippen LogP contribution in [0.3, 0.4) is 0 Å². The zero-order valence-corrected chi connectivity index (χ0v) is 22.8. The monoisotopic (exact) mass is 537 g/mol. The van der Waals surface area contributed by atoms with Crippen molar-refractivity contribution in [3.8, 4) is 6.07 Å². The van der Waals surface area contributed by atoms with Crippen molar-refractivity contribution in [2.75, 3.05) is 19.9 Å². The standard InChI is InChI=1S/C27H31N5O5S/c1-16(2)37-27(35)22-17(3)32(4)25(38-13-21(31-15-33)10-20-12-29-14-30-20)24(26(34)36-5)23(22)19-8-6-7-18(9-19)11-28/h6-9,12,14-16,21,23H,10,13H2,1-5H3,(H,29,30)(H,31,33). The predicted octanol–water partition coefficient (Wildman–Crippen LogP) is 3.01. The van der Waals surface area contributed by atoms with E-state index >= 15 is 0 Å². The van der Waals surface area contributed by atoms with E-state index in [1.807, 2.05) is 0 Å². The molecule has 11 heteroatoms. The fourth-order valence-electron chi connectivity index (χ4n) is 4.25. The number of amides is 1. The van der Waals surface area contributed by atoms with Crippen molar-refractivity contribution in [3.63, 3.8) is 0 Å². The molecule has 0 fully saturated rings. The Morgan fingerprint density at radius 3 is 2.68 bits per heavy atom. The average molecular weight is 538 g/mol. The van der Waals surface area contributed by atoms with Gasteiger partial charge in [0, 0.05) is 42.9 Å². The molecule has 2 atom stereocenters. The maximum absolute atomic E-state index is 13.4. The number of nitrogens with zero attached hydrogens (tertiary/aromatic N) is 3. The molecule has 2 heterocycles. The first-order valence-corrected chi connectivity index (χ1v) is 13.0. The third-order valence-corrected chi connectivity index (χ3v) is 7.40. The van der Waals surface area contributed by atoms with Crippen LogP contribution in [-0.4, -0.2) is 65.3 Å². The largest absolute Gasteiger partial charge is 0.466 e. The Hall–Kier alpha value is -4.04. The van der Waals surface area contributed by atoms with Crippen molar-refractivity contribution >= 4 is 30.1 Å². The number of H-pyrrole nitrogens is 1. The van der Waals surface area contributed by atoms with Crippen molar-refractivity contribution < 1.29 is 23.9 Å². The van der Waals surface area contributed by atoms with Crippen LogP contribution in [0.25, 0.3) is 0 Å². The average Bonchev–Trinajstić information content (AvgIpc) is 3.41. The highest BCUT2D eigenvalue weighted by Gasteiger charge is 2.41. The summed E-state index contributed by atoms with van der Waals surface area (Å²) in [5.41, 5.74) is 2.98. The summed E-state index contributed by atoms with van der Waals surface area (Å²) in [7, 11) is 3.05. The number of methoxy groups -OCH3 is 1. The van der Waals surface area contributed by atoms with Gasteiger partial charge in [0.1, 0.15) is 0 Å². The minimum Gasteiger partial charge on any atom is -0.466 e. The summed E-state index contributed by atoms with van der Waals surface area (Å²) in [4.78, 5) is 46.9. The summed E-state index contributed by atoms with van der Waals surface area (Å²) in [5, 5.41) is 12.9. The quantitative estimate of drug-likeness (QED) is 0.327. The molecule has 2 N–H and O–H groups in total. The number of thioether (sulfide) groups is 1. The summed E-state index contributed by atoms with van der Waals surface area (Å²) in [6.45, 7) is 5.30. The normalized spacial score (nSPS) is 16.2. The van der Waals surface area contributed by atoms with Crippen LogP contribution in [0.15, 0.2) is 58.7 Å². The van der Waals surface area contributed by atoms with E-state index in [4.69, 9.17) is 9.47 Å². The summed E-state index contributed by atoms with van der Waals surface area (Å²) in [6.07, 6.45) is 4.03. The fourth-order valence-corrected chi connectivity index (χ4v) is 5.51. The van der Waals surface area contributed by atoms with Gasteiger partial charge in [-0.2, -0.15) is 5.26 Å². The predicted molar refractivity (Wildman–Crippen MR) is 142 cm³/mol. The molecule has 0 saturated heterocycles. The lowest BCUT2D eigenvalue weighted by molar-refractivity contribution is -0.143. The number of imidazole rings is 1. The highest BCUT2D eigenvalue weighted by molar-refractivity contribution is 8.03. The topological polar surface area (TPSA) is 137 Å². The minimum atomic E-state index is -0.828. The molecule has 1 aromatic heterocycles. The van der Waals surface area contributed by atoms with E-state index in [-0.39, 0.29) is 17.7 Å². The van der Waals surface area contributed by atoms with Crippen LogP contribution < -0.4 is 5.32 Å². The van der Waals surface area contributed by atoms with Gasteiger partial charge in [0.15, 0.2) is 0 Å². The van der Waals surface area contributed by atoms with E-state index in [0.29, 0.717) is 46.0 Å². The van der Waals surface area contributed by atoms with Crippen molar-refractivity contribution in [3.05, 3.63) is 75.5 Å². The number of carbonyl (C=O) groups is 3. The van der Waals surface area contributed by atoms with Gasteiger partial charge in [0.25, 0.3) is 0 Å². The fraction of sp³-hybridized carbons (Fsp3) is 0.370. The molecule has 0 bridgehead atoms. The van der Waals surface area contributed by atoms with Crippen LogP contribution in [0.2, 0.25) is 0 Å². The molecule has 2 unspecified atom stereocenters. The number of benzene rings is 1. The molecule has 0 aliphatic carbocycles. The Morgan fingerprint density at radius 1 is 1.32 bits per heavy atom. The second-order valence-electron chi connectivity index (χ2n) is 8.97. The van der Waals surface area contributed by atoms with Gasteiger partial charge in [-0.1, -0.05) is 12.1 Å². The first kappa shape index (κ1) is 28.5. The summed E-state index contributed by atoms with van der Waals surface area (Å²) in [6, 6.07) is 8.65. The summed E-state index contributed by atoms with van der Waals surface area (Å²) in [5.74, 6) is -1.57. The van der Waals surface area contributed by atoms with Gasteiger partial charge in [0.05, 0.1) is 53.3 Å². The summed E-state index contributed by atoms with van der Waals surface area (Å²) < 4.78 is 10.8. The summed E-state index contributed by atoms with van der Waals surface area (Å²) >= 11 is 1.36. The second-order valence-corrected chi connectivity index (χ2v) is 9.97. The third-order valence-electron chi connectivity index (χ3n) is 6.07. The molecular formula is C27H31N5O5S. The number of esters is 2. The van der Waals surface area contributed by atoms with E-state index in [9.17, 15) is 19.6 Å². The first-order chi connectivity index (χ1) is 18.2. The number of hydrogen-bond donors (Lipinski definition) is 2. The van der Waals surface area contributed by atoms with E-state index in [1.54, 1.807) is 69.5 Å². The molecule has 1 aliphatic heterocycles. The molecule has 1 amide bonds. The number of aromatic amines is 1. The van der Waals surface area contributed by atoms with Crippen molar-refractivity contribution in [2.45, 2.75) is 45.3 Å². The number of aromatic nitrogens is 2. The van der Waals surface area contributed by atoms with Gasteiger partial charge in [-0.3, -0.25) is 4.79 Å². The maximum atomic E-state index is 13.4. The first-order valence-electron chi connectivity index (χ1n) is 12.0. The Balaban J connectivity index is 2.13. The van der Waals surface area contributed by atoms with Gasteiger partial charge in [-0.05, 0) is 38.5 Å². The van der Waals surface area contributed by atoms with E-state index in [2.05, 4.69) is 21.4 Å². The number of hydrogen-bond acceptors (Lipinski definition) is 9. The Labute approximate surface area is 226 Å². The van der Waals surface area contributed by atoms with Crippen LogP contribution in [0.5, 0.6) is 0 Å². The van der Waals surface area contributed by atoms with Gasteiger partial charge >= 0.3 is 11.9 Å². The SMILES string of the molecule is COC(=O)C1=C(SCC(Cc2cnc[nH]2)NC=O)N(C)C(C)=C(C(=O)OC(C)C)C1c1cccc(C#N)c1. The number of ether oxygens (including phenoxy) is 2. The molecule has 38 heavy (non-hydrogen) atoms. The lowest BCUT2D eigenvalue weighted by Gasteiger charge is -2.37. The second kappa shape index (κ2) is 13.0. The van der Waals surface area contributed by atoms with E-state index in [0.717, 1.165) is 5.69 Å². The molecule has 200 valence electrons. The molecule has 3 rings (SSSR count). The van der Waals surface area contributed by atoms with Crippen molar-refractivity contribution in [1.82, 2.24) is 20.2 Å². The van der Waals surface area contributed by atoms with Gasteiger partial charge < -0.3 is 24.7 Å². The van der Waals surface area contributed by atoms with Gasteiger partial charge in [-0.25, -0.2) is 14.6 Å². The highest BCUT2D eigenvalue weighted by atomic mass is 32.2. The molecule has 0 saturated carbocycles. The number of nitrogens with one attached hydrogen (secondary N) is 2. The number of nitriles is 1. The van der Waals surface area contributed by atoms with Crippen molar-refractivity contribution in [1.29, 1.82) is 5.26 Å². The van der Waals surface area contributed by atoms with Gasteiger partial charge in [0.2, 0.25) is 6.41 Å².